The number of carbonyl (C=O) groups is 1. The van der Waals surface area contributed by atoms with Crippen LogP contribution in [0.4, 0.5) is 5.82 Å². The minimum atomic E-state index is -0.275. The Morgan fingerprint density at radius 2 is 1.35 bits per heavy atom. The van der Waals surface area contributed by atoms with Crippen LogP contribution in [-0.2, 0) is 19.0 Å². The Kier molecular flexibility index (Phi) is 9.48. The number of ether oxygens (including phenoxy) is 3. The zero-order valence-electron chi connectivity index (χ0n) is 26.0. The van der Waals surface area contributed by atoms with Crippen molar-refractivity contribution < 1.29 is 19.0 Å². The highest BCUT2D eigenvalue weighted by Crippen LogP contribution is 2.44. The first kappa shape index (κ1) is 30.3. The van der Waals surface area contributed by atoms with Crippen molar-refractivity contribution in [3.63, 3.8) is 0 Å². The normalized spacial score (nSPS) is 15.0. The molecule has 0 spiro atoms. The molecule has 2 aromatic heterocycles. The molecule has 1 N–H and O–H groups in total. The first-order valence-corrected chi connectivity index (χ1v) is 16.2. The quantitative estimate of drug-likeness (QED) is 0.187. The van der Waals surface area contributed by atoms with E-state index in [4.69, 9.17) is 19.2 Å². The van der Waals surface area contributed by atoms with Crippen LogP contribution in [0.5, 0.6) is 0 Å². The minimum absolute atomic E-state index is 0.00880. The Morgan fingerprint density at radius 3 is 2.09 bits per heavy atom. The predicted octanol–water partition coefficient (Wildman–Crippen LogP) is 3.98. The number of benzene rings is 3. The number of hydrogen-bond acceptors (Lipinski definition) is 8. The Labute approximate surface area is 268 Å². The summed E-state index contributed by atoms with van der Waals surface area (Å²) < 4.78 is 19.2. The van der Waals surface area contributed by atoms with E-state index < -0.39 is 0 Å². The molecule has 2 aliphatic rings. The first-order chi connectivity index (χ1) is 22.8. The van der Waals surface area contributed by atoms with Gasteiger partial charge in [0.25, 0.3) is 0 Å². The highest BCUT2D eigenvalue weighted by atomic mass is 16.5. The molecular weight excluding hydrogens is 580 g/mol. The zero-order chi connectivity index (χ0) is 31.1. The van der Waals surface area contributed by atoms with Crippen molar-refractivity contribution in [3.8, 4) is 11.1 Å². The van der Waals surface area contributed by atoms with Crippen LogP contribution < -0.4 is 10.2 Å². The highest BCUT2D eigenvalue weighted by molar-refractivity contribution is 5.96. The van der Waals surface area contributed by atoms with Crippen LogP contribution in [0.15, 0.2) is 85.1 Å². The van der Waals surface area contributed by atoms with E-state index >= 15 is 0 Å². The number of anilines is 1. The Bertz CT molecular complexity index is 1740. The van der Waals surface area contributed by atoms with Crippen molar-refractivity contribution in [3.05, 3.63) is 96.2 Å². The van der Waals surface area contributed by atoms with E-state index in [0.717, 1.165) is 77.6 Å². The van der Waals surface area contributed by atoms with Gasteiger partial charge in [0.15, 0.2) is 0 Å². The molecule has 238 valence electrons. The first-order valence-electron chi connectivity index (χ1n) is 16.2. The number of nitrogens with zero attached hydrogens (tertiary/aromatic N) is 5. The number of nitrogens with one attached hydrogen (secondary N) is 1. The average molecular weight is 621 g/mol. The monoisotopic (exact) mass is 620 g/mol. The van der Waals surface area contributed by atoms with Gasteiger partial charge in [0, 0.05) is 45.5 Å². The second-order valence-corrected chi connectivity index (χ2v) is 11.6. The molecule has 1 aliphatic carbocycles. The van der Waals surface area contributed by atoms with Crippen LogP contribution in [-0.4, -0.2) is 104 Å². The van der Waals surface area contributed by atoms with Crippen molar-refractivity contribution in [1.82, 2.24) is 24.6 Å². The molecule has 5 aromatic rings. The fourth-order valence-corrected chi connectivity index (χ4v) is 6.44. The van der Waals surface area contributed by atoms with E-state index in [-0.39, 0.29) is 11.8 Å². The molecule has 0 unspecified atom stereocenters. The molecule has 0 atom stereocenters. The Hall–Kier alpha value is -4.35. The number of piperazine rings is 1. The summed E-state index contributed by atoms with van der Waals surface area (Å²) in [5.74, 6) is 1.45. The summed E-state index contributed by atoms with van der Waals surface area (Å²) in [6, 6.07) is 26.5. The van der Waals surface area contributed by atoms with Crippen LogP contribution in [0.2, 0.25) is 0 Å². The van der Waals surface area contributed by atoms with Crippen LogP contribution in [0.25, 0.3) is 27.9 Å². The Balaban J connectivity index is 0.719. The lowest BCUT2D eigenvalue weighted by Crippen LogP contribution is -2.47. The van der Waals surface area contributed by atoms with Gasteiger partial charge >= 0.3 is 0 Å². The summed E-state index contributed by atoms with van der Waals surface area (Å²) in [6.07, 6.45) is 2.07. The maximum atomic E-state index is 13.1. The summed E-state index contributed by atoms with van der Waals surface area (Å²) in [4.78, 5) is 27.3. The van der Waals surface area contributed by atoms with Gasteiger partial charge in [-0.05, 0) is 40.5 Å². The maximum Gasteiger partial charge on any atom is 0.236 e. The van der Waals surface area contributed by atoms with Gasteiger partial charge < -0.3 is 24.4 Å². The summed E-state index contributed by atoms with van der Waals surface area (Å²) in [6.45, 7) is 8.37. The van der Waals surface area contributed by atoms with Gasteiger partial charge in [-0.2, -0.15) is 4.98 Å². The fourth-order valence-electron chi connectivity index (χ4n) is 6.44. The largest absolute Gasteiger partial charge is 0.378 e. The number of aromatic nitrogens is 3. The van der Waals surface area contributed by atoms with E-state index in [2.05, 4.69) is 50.6 Å². The molecule has 1 aliphatic heterocycles. The number of carbonyl (C=O) groups excluding carboxylic acids is 1. The molecule has 3 heterocycles. The van der Waals surface area contributed by atoms with Gasteiger partial charge in [-0.15, -0.1) is 0 Å². The standard InChI is InChI=1S/C36H40N6O4/c43-35(34-29-9-3-1-7-27(29)28-8-2-4-10-30(28)34)37-14-21-44-23-25-46-26-24-45-22-20-40-16-18-41(19-17-40)33-13-15-42-32-12-6-5-11-31(32)38-36(42)39-33/h1-13,15,34H,14,16-26H2,(H,37,43). The summed E-state index contributed by atoms with van der Waals surface area (Å²) >= 11 is 0. The smallest absolute Gasteiger partial charge is 0.236 e. The van der Waals surface area contributed by atoms with Gasteiger partial charge in [-0.1, -0.05) is 60.7 Å². The molecule has 10 heteroatoms. The molecule has 3 aromatic carbocycles. The van der Waals surface area contributed by atoms with Crippen LogP contribution in [0.1, 0.15) is 17.0 Å². The van der Waals surface area contributed by atoms with E-state index in [1.165, 1.54) is 0 Å². The number of rotatable bonds is 14. The van der Waals surface area contributed by atoms with Crippen molar-refractivity contribution in [2.24, 2.45) is 0 Å². The van der Waals surface area contributed by atoms with Crippen molar-refractivity contribution in [2.75, 3.05) is 83.8 Å². The van der Waals surface area contributed by atoms with Crippen LogP contribution >= 0.6 is 0 Å². The Morgan fingerprint density at radius 1 is 0.717 bits per heavy atom. The maximum absolute atomic E-state index is 13.1. The summed E-state index contributed by atoms with van der Waals surface area (Å²) in [7, 11) is 0. The number of fused-ring (bicyclic) bond motifs is 6. The van der Waals surface area contributed by atoms with Crippen molar-refractivity contribution >= 4 is 28.5 Å². The van der Waals surface area contributed by atoms with Crippen LogP contribution in [0, 0.1) is 0 Å². The topological polar surface area (TPSA) is 93.5 Å². The predicted molar refractivity (Wildman–Crippen MR) is 178 cm³/mol. The van der Waals surface area contributed by atoms with E-state index in [0.29, 0.717) is 46.2 Å². The van der Waals surface area contributed by atoms with Gasteiger partial charge in [0.2, 0.25) is 11.7 Å². The third kappa shape index (κ3) is 6.61. The van der Waals surface area contributed by atoms with E-state index in [1.54, 1.807) is 0 Å². The van der Waals surface area contributed by atoms with Gasteiger partial charge in [0.05, 0.1) is 56.6 Å². The number of amides is 1. The van der Waals surface area contributed by atoms with Gasteiger partial charge in [0.1, 0.15) is 5.82 Å². The van der Waals surface area contributed by atoms with Crippen LogP contribution in [0.3, 0.4) is 0 Å². The summed E-state index contributed by atoms with van der Waals surface area (Å²) in [5, 5.41) is 3.04. The minimum Gasteiger partial charge on any atom is -0.378 e. The van der Waals surface area contributed by atoms with Gasteiger partial charge in [-0.25, -0.2) is 4.98 Å². The molecule has 0 saturated carbocycles. The number of para-hydroxylation sites is 2. The van der Waals surface area contributed by atoms with Crippen molar-refractivity contribution in [1.29, 1.82) is 0 Å². The molecule has 1 saturated heterocycles. The highest BCUT2D eigenvalue weighted by Gasteiger charge is 2.33. The fraction of sp³-hybridized carbons (Fsp3) is 0.361. The molecule has 10 nitrogen and oxygen atoms in total. The third-order valence-electron chi connectivity index (χ3n) is 8.80. The van der Waals surface area contributed by atoms with E-state index in [9.17, 15) is 4.79 Å². The molecule has 7 rings (SSSR count). The average Bonchev–Trinajstić information content (AvgIpc) is 3.64. The van der Waals surface area contributed by atoms with Gasteiger partial charge in [-0.3, -0.25) is 14.1 Å². The van der Waals surface area contributed by atoms with E-state index in [1.807, 2.05) is 59.0 Å². The SMILES string of the molecule is O=C(NCCOCCOCCOCCN1CCN(c2ccn3c(n2)nc2ccccc23)CC1)C1c2ccccc2-c2ccccc21. The second-order valence-electron chi connectivity index (χ2n) is 11.6. The molecule has 0 radical (unpaired) electrons. The zero-order valence-corrected chi connectivity index (χ0v) is 26.0. The number of imidazole rings is 1. The third-order valence-corrected chi connectivity index (χ3v) is 8.80. The summed E-state index contributed by atoms with van der Waals surface area (Å²) in [5.41, 5.74) is 6.45. The molecule has 1 amide bonds. The molecule has 0 bridgehead atoms. The number of hydrogen-bond donors (Lipinski definition) is 1. The lowest BCUT2D eigenvalue weighted by Gasteiger charge is -2.35. The molecule has 1 fully saturated rings. The second kappa shape index (κ2) is 14.4. The van der Waals surface area contributed by atoms with Crippen molar-refractivity contribution in [2.45, 2.75) is 5.92 Å². The molecular formula is C36H40N6O4. The molecule has 46 heavy (non-hydrogen) atoms. The lowest BCUT2D eigenvalue weighted by molar-refractivity contribution is -0.121. The lowest BCUT2D eigenvalue weighted by atomic mass is 9.96.